The van der Waals surface area contributed by atoms with E-state index in [4.69, 9.17) is 9.05 Å². The predicted octanol–water partition coefficient (Wildman–Crippen LogP) is 2.65. The molecule has 0 unspecified atom stereocenters. The molecule has 0 spiro atoms. The molecule has 0 aromatic heterocycles. The van der Waals surface area contributed by atoms with Gasteiger partial charge in [0, 0.05) is 14.2 Å². The molecule has 0 aliphatic carbocycles. The van der Waals surface area contributed by atoms with Gasteiger partial charge in [0.1, 0.15) is 0 Å². The molecule has 1 aromatic carbocycles. The number of rotatable bonds is 7. The molecule has 0 saturated carbocycles. The Balaban J connectivity index is 3.14. The van der Waals surface area contributed by atoms with Gasteiger partial charge in [-0.1, -0.05) is 23.8 Å². The molecule has 0 atom stereocenters. The Bertz CT molecular complexity index is 702. The molecule has 0 radical (unpaired) electrons. The van der Waals surface area contributed by atoms with Crippen molar-refractivity contribution in [2.45, 2.75) is 18.7 Å². The van der Waals surface area contributed by atoms with Crippen LogP contribution in [0.3, 0.4) is 0 Å². The second-order valence-corrected chi connectivity index (χ2v) is 8.08. The monoisotopic (exact) mass is 346 g/mol. The summed E-state index contributed by atoms with van der Waals surface area (Å²) in [7, 11) is -5.14. The lowest BCUT2D eigenvalue weighted by molar-refractivity contribution is 0.290. The number of hydrogen-bond acceptors (Lipinski definition) is 6. The highest BCUT2D eigenvalue weighted by molar-refractivity contribution is 7.89. The van der Waals surface area contributed by atoms with Crippen LogP contribution in [0.1, 0.15) is 12.5 Å². The molecule has 0 heterocycles. The molecule has 22 heavy (non-hydrogen) atoms. The molecule has 7 nitrogen and oxygen atoms in total. The van der Waals surface area contributed by atoms with Crippen LogP contribution >= 0.6 is 7.60 Å². The molecule has 1 aromatic rings. The molecule has 122 valence electrons. The lowest BCUT2D eigenvalue weighted by Crippen LogP contribution is -2.20. The molecule has 9 heteroatoms. The van der Waals surface area contributed by atoms with Crippen molar-refractivity contribution >= 4 is 23.1 Å². The van der Waals surface area contributed by atoms with Crippen molar-refractivity contribution in [1.29, 1.82) is 0 Å². The predicted molar refractivity (Wildman–Crippen MR) is 85.4 cm³/mol. The Morgan fingerprint density at radius 3 is 2.23 bits per heavy atom. The van der Waals surface area contributed by atoms with E-state index in [0.717, 1.165) is 5.56 Å². The van der Waals surface area contributed by atoms with Crippen molar-refractivity contribution in [3.8, 4) is 0 Å². The van der Waals surface area contributed by atoms with Crippen LogP contribution in [0.5, 0.6) is 0 Å². The van der Waals surface area contributed by atoms with Gasteiger partial charge in [-0.05, 0) is 32.1 Å². The molecule has 0 saturated heterocycles. The number of hydrazone groups is 1. The van der Waals surface area contributed by atoms with Crippen LogP contribution in [0.15, 0.2) is 46.4 Å². The maximum atomic E-state index is 12.3. The molecule has 0 aliphatic rings. The van der Waals surface area contributed by atoms with Gasteiger partial charge in [-0.2, -0.15) is 18.4 Å². The summed E-state index contributed by atoms with van der Waals surface area (Å²) in [4.78, 5) is 2.08. The second kappa shape index (κ2) is 7.69. The van der Waals surface area contributed by atoms with Crippen molar-refractivity contribution in [1.82, 2.24) is 4.83 Å². The highest BCUT2D eigenvalue weighted by atomic mass is 32.2. The number of hydrogen-bond donors (Lipinski definition) is 1. The first-order valence-corrected chi connectivity index (χ1v) is 9.32. The first-order chi connectivity index (χ1) is 10.3. The van der Waals surface area contributed by atoms with Crippen LogP contribution < -0.4 is 4.83 Å². The molecular formula is C13H19N2O5PS. The molecule has 1 N–H and O–H groups in total. The lowest BCUT2D eigenvalue weighted by atomic mass is 10.2. The number of aryl methyl sites for hydroxylation is 1. The van der Waals surface area contributed by atoms with E-state index in [1.165, 1.54) is 32.4 Å². The van der Waals surface area contributed by atoms with Crippen molar-refractivity contribution < 1.29 is 22.0 Å². The summed E-state index contributed by atoms with van der Waals surface area (Å²) >= 11 is 0. The summed E-state index contributed by atoms with van der Waals surface area (Å²) < 4.78 is 46.2. The Morgan fingerprint density at radius 2 is 1.77 bits per heavy atom. The van der Waals surface area contributed by atoms with Crippen molar-refractivity contribution in [3.05, 3.63) is 42.0 Å². The third-order valence-corrected chi connectivity index (χ3v) is 5.68. The number of nitrogens with one attached hydrogen (secondary N) is 1. The average Bonchev–Trinajstić information content (AvgIpc) is 2.51. The highest BCUT2D eigenvalue weighted by Gasteiger charge is 2.28. The first kappa shape index (κ1) is 18.6. The minimum absolute atomic E-state index is 0.0475. The number of benzene rings is 1. The smallest absolute Gasteiger partial charge is 0.307 e. The van der Waals surface area contributed by atoms with Gasteiger partial charge in [-0.15, -0.1) is 0 Å². The minimum Gasteiger partial charge on any atom is -0.307 e. The summed E-state index contributed by atoms with van der Waals surface area (Å²) in [5, 5.41) is 3.68. The average molecular weight is 346 g/mol. The second-order valence-electron chi connectivity index (χ2n) is 4.24. The summed E-state index contributed by atoms with van der Waals surface area (Å²) in [5.41, 5.74) is 0.788. The van der Waals surface area contributed by atoms with Gasteiger partial charge in [-0.25, -0.2) is 0 Å². The van der Waals surface area contributed by atoms with Gasteiger partial charge < -0.3 is 9.05 Å². The Hall–Kier alpha value is -1.47. The summed E-state index contributed by atoms with van der Waals surface area (Å²) in [5.74, 6) is 0. The number of sulfonamides is 1. The van der Waals surface area contributed by atoms with E-state index in [1.807, 2.05) is 11.8 Å². The van der Waals surface area contributed by atoms with E-state index in [0.29, 0.717) is 0 Å². The van der Waals surface area contributed by atoms with E-state index in [9.17, 15) is 13.0 Å². The SMILES string of the molecule is C/C=C/C(=N/NS(=O)(=O)c1ccc(C)cc1)P(=O)(OC)OC. The maximum Gasteiger partial charge on any atom is 0.380 e. The van der Waals surface area contributed by atoms with E-state index >= 15 is 0 Å². The molecule has 0 fully saturated rings. The Kier molecular flexibility index (Phi) is 6.49. The zero-order valence-electron chi connectivity index (χ0n) is 12.8. The Labute approximate surface area is 130 Å². The number of allylic oxidation sites excluding steroid dienone is 2. The summed E-state index contributed by atoms with van der Waals surface area (Å²) in [6.45, 7) is 3.51. The standard InChI is InChI=1S/C13H19N2O5PS/c1-5-6-13(21(16,19-3)20-4)14-15-22(17,18)12-9-7-11(2)8-10-12/h5-10,15H,1-4H3/b6-5+,14-13-. The van der Waals surface area contributed by atoms with E-state index < -0.39 is 17.6 Å². The van der Waals surface area contributed by atoms with Gasteiger partial charge in [0.2, 0.25) is 0 Å². The lowest BCUT2D eigenvalue weighted by Gasteiger charge is -2.13. The topological polar surface area (TPSA) is 94.1 Å². The van der Waals surface area contributed by atoms with Crippen molar-refractivity contribution in [2.24, 2.45) is 5.10 Å². The van der Waals surface area contributed by atoms with E-state index in [2.05, 4.69) is 5.10 Å². The van der Waals surface area contributed by atoms with Gasteiger partial charge in [-0.3, -0.25) is 4.57 Å². The van der Waals surface area contributed by atoms with Crippen molar-refractivity contribution in [2.75, 3.05) is 14.2 Å². The fourth-order valence-electron chi connectivity index (χ4n) is 1.48. The highest BCUT2D eigenvalue weighted by Crippen LogP contribution is 2.48. The van der Waals surface area contributed by atoms with Gasteiger partial charge in [0.15, 0.2) is 5.45 Å². The van der Waals surface area contributed by atoms with Crippen LogP contribution in [0.25, 0.3) is 0 Å². The largest absolute Gasteiger partial charge is 0.380 e. The minimum atomic E-state index is -3.87. The van der Waals surface area contributed by atoms with Gasteiger partial charge >= 0.3 is 7.60 Å². The van der Waals surface area contributed by atoms with E-state index in [1.54, 1.807) is 25.1 Å². The van der Waals surface area contributed by atoms with E-state index in [-0.39, 0.29) is 10.3 Å². The summed E-state index contributed by atoms with van der Waals surface area (Å²) in [6.07, 6.45) is 2.90. The van der Waals surface area contributed by atoms with Gasteiger partial charge in [0.25, 0.3) is 10.0 Å². The zero-order chi connectivity index (χ0) is 16.8. The molecule has 1 rings (SSSR count). The third-order valence-electron chi connectivity index (χ3n) is 2.69. The van der Waals surface area contributed by atoms with Crippen molar-refractivity contribution in [3.63, 3.8) is 0 Å². The van der Waals surface area contributed by atoms with Crippen LogP contribution in [0, 0.1) is 6.92 Å². The summed E-state index contributed by atoms with van der Waals surface area (Å²) in [6, 6.07) is 6.24. The molecular weight excluding hydrogens is 327 g/mol. The number of nitrogens with zero attached hydrogens (tertiary/aromatic N) is 1. The third kappa shape index (κ3) is 4.51. The van der Waals surface area contributed by atoms with Crippen LogP contribution in [0.2, 0.25) is 0 Å². The fraction of sp³-hybridized carbons (Fsp3) is 0.308. The Morgan fingerprint density at radius 1 is 1.23 bits per heavy atom. The zero-order valence-corrected chi connectivity index (χ0v) is 14.5. The molecule has 0 amide bonds. The normalized spacial score (nSPS) is 13.5. The van der Waals surface area contributed by atoms with Crippen LogP contribution in [0.4, 0.5) is 0 Å². The van der Waals surface area contributed by atoms with Crippen LogP contribution in [-0.4, -0.2) is 28.1 Å². The fourth-order valence-corrected chi connectivity index (χ4v) is 3.39. The molecule has 0 bridgehead atoms. The quantitative estimate of drug-likeness (QED) is 0.465. The molecule has 0 aliphatic heterocycles. The first-order valence-electron chi connectivity index (χ1n) is 6.30. The van der Waals surface area contributed by atoms with Gasteiger partial charge in [0.05, 0.1) is 4.90 Å². The van der Waals surface area contributed by atoms with Crippen LogP contribution in [-0.2, 0) is 23.6 Å². The maximum absolute atomic E-state index is 12.3.